The number of ether oxygens (including phenoxy) is 10. The fourth-order valence-electron chi connectivity index (χ4n) is 17.2. The summed E-state index contributed by atoms with van der Waals surface area (Å²) in [5.41, 5.74) is 0. The van der Waals surface area contributed by atoms with Crippen LogP contribution in [0.5, 0.6) is 0 Å². The van der Waals surface area contributed by atoms with Crippen molar-refractivity contribution >= 4 is 49.4 Å². The lowest BCUT2D eigenvalue weighted by Gasteiger charge is -2.47. The maximum atomic E-state index is 15.3. The Kier molecular flexibility index (Phi) is 69.3. The van der Waals surface area contributed by atoms with Crippen LogP contribution >= 0.6 is 7.82 Å². The first-order chi connectivity index (χ1) is 62.2. The van der Waals surface area contributed by atoms with Crippen molar-refractivity contribution in [1.29, 1.82) is 0 Å². The Morgan fingerprint density at radius 2 is 0.705 bits per heavy atom. The molecule has 0 bridgehead atoms. The van der Waals surface area contributed by atoms with Crippen LogP contribution in [0, 0.1) is 0 Å². The van der Waals surface area contributed by atoms with Gasteiger partial charge in [0.05, 0.1) is 63.6 Å². The number of phosphoric acid groups is 1. The number of aliphatic hydroxyl groups excluding tert-OH is 6. The third-order valence-electron chi connectivity index (χ3n) is 25.1. The normalized spacial score (nSPS) is 23.4. The van der Waals surface area contributed by atoms with E-state index in [1.165, 1.54) is 65.4 Å². The monoisotopic (exact) mass is 1860 g/mol. The SMILES string of the molecule is CCCCCCCCCCCC(=O)O[C@H](CCCCCCCCCCC)CC(=O)N[C@H]1[C@H](OC[C@H]2O[C@@H](OC)[C@H](NC(=O)C[C@@H](CCCCCCCCCCC)OC(=O)CCCCCCCCCCC)[C@@H](OC(=O)C[C@H](O)CCCCCCCCC)[C@@H]2O)O[C@H](CNC(=O)CCO[C@@H]2O[C@@H](C)[C@H](O)[C@@H](O)[C@H]2O)[C@@H](OP(=O)(O)O)[C@@H]1OC(=O)C[C@H](O)CCCCCCCCC. The minimum atomic E-state index is -5.75. The van der Waals surface area contributed by atoms with Crippen LogP contribution in [0.4, 0.5) is 0 Å². The first kappa shape index (κ1) is 119. The van der Waals surface area contributed by atoms with E-state index in [1.807, 2.05) is 0 Å². The van der Waals surface area contributed by atoms with Crippen molar-refractivity contribution in [3.63, 3.8) is 0 Å². The van der Waals surface area contributed by atoms with E-state index in [4.69, 9.17) is 51.9 Å². The van der Waals surface area contributed by atoms with Crippen LogP contribution in [0.1, 0.15) is 440 Å². The summed E-state index contributed by atoms with van der Waals surface area (Å²) in [5, 5.41) is 75.6. The van der Waals surface area contributed by atoms with E-state index in [0.717, 1.165) is 231 Å². The largest absolute Gasteiger partial charge is 0.470 e. The molecule has 3 heterocycles. The van der Waals surface area contributed by atoms with Gasteiger partial charge in [-0.15, -0.1) is 0 Å². The molecule has 3 aliphatic heterocycles. The number of aliphatic hydroxyl groups is 6. The standard InChI is InChI=1S/C98H182N3O27P/c1-9-15-21-27-33-37-43-49-55-61-76(122-83(107)63-57-51-45-39-35-29-23-17-11-3)69-81(105)100-87-94(126-85(109)67-74(102)59-53-47-41-31-25-19-13-5)90(112)79(125-96(87)118-8)72-120-97-88(101-82(106)70-77(62-56-50-44-38-34-28-22-16-10-2)123-84(108)64-58-52-46-40-36-30-24-18-12-4)95(127-86(110)68-75(103)60-54-48-42-32-26-20-14-6)93(128-129(115,116)117)78(124-97)71-99-80(104)65-66-119-98-92(114)91(113)89(111)73(7)121-98/h73-79,87-98,102-103,111-114H,9-72H2,1-8H3,(H,99,104)(H,100,105)(H,101,106)(H2,115,116,117)/t73-,74+,75+,76+,77+,78+,79+,87+,88+,89-,90+,91+,92+,93+,94+,95+,96+,97+,98+/m0/s1. The van der Waals surface area contributed by atoms with Gasteiger partial charge in [-0.2, -0.15) is 0 Å². The highest BCUT2D eigenvalue weighted by Crippen LogP contribution is 2.43. The summed E-state index contributed by atoms with van der Waals surface area (Å²) < 4.78 is 80.7. The lowest BCUT2D eigenvalue weighted by Crippen LogP contribution is -2.68. The van der Waals surface area contributed by atoms with E-state index >= 15 is 4.79 Å². The van der Waals surface area contributed by atoms with Gasteiger partial charge in [0.25, 0.3) is 0 Å². The van der Waals surface area contributed by atoms with Gasteiger partial charge in [0.15, 0.2) is 31.1 Å². The summed E-state index contributed by atoms with van der Waals surface area (Å²) in [6.45, 7) is 12.4. The van der Waals surface area contributed by atoms with Crippen LogP contribution in [0.25, 0.3) is 0 Å². The fourth-order valence-corrected chi connectivity index (χ4v) is 17.8. The molecule has 0 radical (unpaired) electrons. The van der Waals surface area contributed by atoms with Crippen LogP contribution in [0.2, 0.25) is 0 Å². The van der Waals surface area contributed by atoms with Crippen molar-refractivity contribution in [3.8, 4) is 0 Å². The number of hydrogen-bond acceptors (Lipinski definition) is 25. The maximum absolute atomic E-state index is 15.3. The number of amides is 3. The molecule has 31 heteroatoms. The average molecular weight is 1870 g/mol. The number of nitrogens with one attached hydrogen (secondary N) is 3. The first-order valence-corrected chi connectivity index (χ1v) is 52.9. The van der Waals surface area contributed by atoms with E-state index in [-0.39, 0.29) is 38.5 Å². The van der Waals surface area contributed by atoms with Crippen LogP contribution < -0.4 is 16.0 Å². The second-order valence-corrected chi connectivity index (χ2v) is 38.2. The second kappa shape index (κ2) is 75.1. The minimum absolute atomic E-state index is 0.0870. The maximum Gasteiger partial charge on any atom is 0.470 e. The summed E-state index contributed by atoms with van der Waals surface area (Å²) >= 11 is 0. The van der Waals surface area contributed by atoms with Crippen molar-refractivity contribution in [2.24, 2.45) is 0 Å². The van der Waals surface area contributed by atoms with Crippen molar-refractivity contribution in [2.75, 3.05) is 26.9 Å². The molecule has 0 unspecified atom stereocenters. The average Bonchev–Trinajstić information content (AvgIpc) is 0.753. The van der Waals surface area contributed by atoms with Crippen LogP contribution in [0.3, 0.4) is 0 Å². The summed E-state index contributed by atoms with van der Waals surface area (Å²) in [7, 11) is -4.50. The Bertz CT molecular complexity index is 2910. The van der Waals surface area contributed by atoms with Gasteiger partial charge in [-0.25, -0.2) is 4.57 Å². The molecule has 3 saturated heterocycles. The zero-order chi connectivity index (χ0) is 94.7. The number of hydrogen-bond donors (Lipinski definition) is 11. The molecule has 0 aromatic heterocycles. The summed E-state index contributed by atoms with van der Waals surface area (Å²) in [5.74, 6) is -5.36. The molecule has 756 valence electrons. The predicted molar refractivity (Wildman–Crippen MR) is 496 cm³/mol. The molecule has 0 aromatic rings. The van der Waals surface area contributed by atoms with Crippen LogP contribution in [-0.2, 0) is 90.0 Å². The van der Waals surface area contributed by atoms with Crippen molar-refractivity contribution in [1.82, 2.24) is 16.0 Å². The van der Waals surface area contributed by atoms with E-state index in [9.17, 15) is 73.8 Å². The minimum Gasteiger partial charge on any atom is -0.462 e. The van der Waals surface area contributed by atoms with Crippen LogP contribution in [0.15, 0.2) is 0 Å². The molecule has 30 nitrogen and oxygen atoms in total. The van der Waals surface area contributed by atoms with E-state index in [0.29, 0.717) is 44.9 Å². The predicted octanol–water partition coefficient (Wildman–Crippen LogP) is 17.2. The zero-order valence-electron chi connectivity index (χ0n) is 81.0. The van der Waals surface area contributed by atoms with E-state index in [1.54, 1.807) is 0 Å². The zero-order valence-corrected chi connectivity index (χ0v) is 81.9. The second-order valence-electron chi connectivity index (χ2n) is 37.0. The molecule has 3 amide bonds. The lowest BCUT2D eigenvalue weighted by atomic mass is 9.94. The van der Waals surface area contributed by atoms with Crippen molar-refractivity contribution < 1.29 is 130 Å². The fraction of sp³-hybridized carbons (Fsp3) is 0.929. The Balaban J connectivity index is 2.25. The number of unbranched alkanes of at least 4 members (excludes halogenated alkanes) is 44. The number of carbonyl (C=O) groups is 7. The molecular weight excluding hydrogens is 1680 g/mol. The summed E-state index contributed by atoms with van der Waals surface area (Å²) in [6, 6.07) is -3.38. The van der Waals surface area contributed by atoms with Crippen molar-refractivity contribution in [2.45, 2.75) is 557 Å². The lowest BCUT2D eigenvalue weighted by molar-refractivity contribution is -0.299. The van der Waals surface area contributed by atoms with Crippen LogP contribution in [-0.4, -0.2) is 225 Å². The number of rotatable bonds is 82. The Morgan fingerprint density at radius 1 is 0.357 bits per heavy atom. The highest BCUT2D eigenvalue weighted by Gasteiger charge is 2.55. The number of carbonyl (C=O) groups excluding carboxylic acids is 7. The van der Waals surface area contributed by atoms with Gasteiger partial charge < -0.3 is 104 Å². The molecule has 3 rings (SSSR count). The van der Waals surface area contributed by atoms with Gasteiger partial charge >= 0.3 is 31.7 Å². The molecule has 0 saturated carbocycles. The van der Waals surface area contributed by atoms with Gasteiger partial charge in [0.2, 0.25) is 17.7 Å². The molecule has 0 aliphatic carbocycles. The van der Waals surface area contributed by atoms with Gasteiger partial charge in [0, 0.05) is 26.5 Å². The molecule has 0 spiro atoms. The first-order valence-electron chi connectivity index (χ1n) is 51.4. The molecule has 19 atom stereocenters. The van der Waals surface area contributed by atoms with Gasteiger partial charge in [0.1, 0.15) is 67.0 Å². The van der Waals surface area contributed by atoms with Gasteiger partial charge in [-0.3, -0.25) is 38.1 Å². The van der Waals surface area contributed by atoms with E-state index in [2.05, 4.69) is 57.5 Å². The van der Waals surface area contributed by atoms with Gasteiger partial charge in [-0.1, -0.05) is 337 Å². The number of phosphoric ester groups is 1. The third kappa shape index (κ3) is 56.3. The Hall–Kier alpha value is -4.08. The van der Waals surface area contributed by atoms with Gasteiger partial charge in [-0.05, 0) is 58.3 Å². The van der Waals surface area contributed by atoms with E-state index < -0.39 is 211 Å². The number of esters is 4. The number of methoxy groups -OCH3 is 1. The smallest absolute Gasteiger partial charge is 0.462 e. The van der Waals surface area contributed by atoms with Crippen molar-refractivity contribution in [3.05, 3.63) is 0 Å². The topological polar surface area (TPSA) is 436 Å². The molecule has 129 heavy (non-hydrogen) atoms. The summed E-state index contributed by atoms with van der Waals surface area (Å²) in [4.78, 5) is 123. The highest BCUT2D eigenvalue weighted by molar-refractivity contribution is 7.46. The molecule has 3 fully saturated rings. The Morgan fingerprint density at radius 3 is 1.09 bits per heavy atom. The quantitative estimate of drug-likeness (QED) is 0.0117. The molecule has 3 aliphatic rings. The Labute approximate surface area is 775 Å². The molecule has 0 aromatic carbocycles. The molecule has 11 N–H and O–H groups in total. The molecular formula is C98H182N3O27P. The summed E-state index contributed by atoms with van der Waals surface area (Å²) in [6.07, 6.45) is 21.8. The third-order valence-corrected chi connectivity index (χ3v) is 25.6. The highest BCUT2D eigenvalue weighted by atomic mass is 31.2.